The summed E-state index contributed by atoms with van der Waals surface area (Å²) in [6, 6.07) is 6.69. The van der Waals surface area contributed by atoms with Gasteiger partial charge in [0.15, 0.2) is 0 Å². The number of nitrogens with one attached hydrogen (secondary N) is 1. The van der Waals surface area contributed by atoms with Crippen LogP contribution in [0, 0.1) is 0 Å². The van der Waals surface area contributed by atoms with Crippen LogP contribution in [0.4, 0.5) is 0 Å². The van der Waals surface area contributed by atoms with Crippen molar-refractivity contribution in [3.63, 3.8) is 0 Å². The second-order valence-electron chi connectivity index (χ2n) is 6.42. The van der Waals surface area contributed by atoms with Crippen LogP contribution in [-0.4, -0.2) is 30.7 Å². The molecule has 0 spiro atoms. The van der Waals surface area contributed by atoms with Crippen LogP contribution in [0.1, 0.15) is 43.2 Å². The van der Waals surface area contributed by atoms with Gasteiger partial charge in [-0.05, 0) is 49.3 Å². The van der Waals surface area contributed by atoms with E-state index in [4.69, 9.17) is 4.74 Å². The van der Waals surface area contributed by atoms with E-state index in [1.54, 1.807) is 0 Å². The maximum atomic E-state index is 5.57. The molecule has 1 aliphatic carbocycles. The van der Waals surface area contributed by atoms with Gasteiger partial charge in [0.05, 0.1) is 6.61 Å². The summed E-state index contributed by atoms with van der Waals surface area (Å²) >= 11 is 2.08. The van der Waals surface area contributed by atoms with Gasteiger partial charge in [0, 0.05) is 17.7 Å². The summed E-state index contributed by atoms with van der Waals surface area (Å²) in [5.41, 5.74) is 2.83. The standard InChI is InChI=1S/C18H27NOS/c1-21-18(9-3-2-4-10-18)14-19-11-7-15-5-6-17-16(13-15)8-12-20-17/h5-6,13,19H,2-4,7-12,14H2,1H3. The first-order valence-corrected chi connectivity index (χ1v) is 9.54. The Hall–Kier alpha value is -0.670. The number of benzene rings is 1. The third-order valence-electron chi connectivity index (χ3n) is 4.99. The molecule has 1 aromatic carbocycles. The van der Waals surface area contributed by atoms with E-state index in [1.807, 2.05) is 0 Å². The number of rotatable bonds is 6. The van der Waals surface area contributed by atoms with Crippen molar-refractivity contribution in [3.8, 4) is 5.75 Å². The minimum Gasteiger partial charge on any atom is -0.493 e. The predicted octanol–water partition coefficient (Wildman–Crippen LogP) is 3.82. The maximum absolute atomic E-state index is 5.57. The molecule has 0 bridgehead atoms. The largest absolute Gasteiger partial charge is 0.493 e. The number of fused-ring (bicyclic) bond motifs is 1. The molecular formula is C18H27NOS. The number of hydrogen-bond acceptors (Lipinski definition) is 3. The van der Waals surface area contributed by atoms with Crippen LogP contribution in [0.5, 0.6) is 5.75 Å². The van der Waals surface area contributed by atoms with E-state index in [0.717, 1.165) is 31.7 Å². The van der Waals surface area contributed by atoms with Crippen LogP contribution in [0.25, 0.3) is 0 Å². The average molecular weight is 305 g/mol. The molecule has 2 nitrogen and oxygen atoms in total. The van der Waals surface area contributed by atoms with E-state index >= 15 is 0 Å². The molecule has 1 N–H and O–H groups in total. The van der Waals surface area contributed by atoms with Gasteiger partial charge in [0.2, 0.25) is 0 Å². The Morgan fingerprint density at radius 1 is 1.24 bits per heavy atom. The third kappa shape index (κ3) is 3.75. The first-order valence-electron chi connectivity index (χ1n) is 8.32. The summed E-state index contributed by atoms with van der Waals surface area (Å²) in [6.07, 6.45) is 11.5. The summed E-state index contributed by atoms with van der Waals surface area (Å²) < 4.78 is 6.07. The molecule has 0 atom stereocenters. The molecule has 0 unspecified atom stereocenters. The summed E-state index contributed by atoms with van der Waals surface area (Å²) in [7, 11) is 0. The van der Waals surface area contributed by atoms with E-state index in [0.29, 0.717) is 4.75 Å². The third-order valence-corrected chi connectivity index (χ3v) is 6.41. The van der Waals surface area contributed by atoms with Gasteiger partial charge in [-0.25, -0.2) is 0 Å². The molecule has 0 amide bonds. The quantitative estimate of drug-likeness (QED) is 0.807. The molecule has 1 saturated carbocycles. The Morgan fingerprint density at radius 3 is 2.90 bits per heavy atom. The highest BCUT2D eigenvalue weighted by Crippen LogP contribution is 2.37. The highest BCUT2D eigenvalue weighted by molar-refractivity contribution is 8.00. The molecule has 1 fully saturated rings. The van der Waals surface area contributed by atoms with Gasteiger partial charge in [0.25, 0.3) is 0 Å². The molecule has 1 aliphatic heterocycles. The van der Waals surface area contributed by atoms with Crippen molar-refractivity contribution >= 4 is 11.8 Å². The minimum absolute atomic E-state index is 0.504. The van der Waals surface area contributed by atoms with Gasteiger partial charge in [-0.3, -0.25) is 0 Å². The Labute approximate surface area is 133 Å². The molecule has 1 heterocycles. The molecule has 0 radical (unpaired) electrons. The van der Waals surface area contributed by atoms with Crippen LogP contribution in [0.15, 0.2) is 18.2 Å². The summed E-state index contributed by atoms with van der Waals surface area (Å²) in [6.45, 7) is 3.11. The lowest BCUT2D eigenvalue weighted by Gasteiger charge is -2.36. The molecular weight excluding hydrogens is 278 g/mol. The molecule has 2 aliphatic rings. The van der Waals surface area contributed by atoms with Gasteiger partial charge in [-0.2, -0.15) is 11.8 Å². The summed E-state index contributed by atoms with van der Waals surface area (Å²) in [4.78, 5) is 0. The Morgan fingerprint density at radius 2 is 2.10 bits per heavy atom. The number of thioether (sulfide) groups is 1. The zero-order valence-electron chi connectivity index (χ0n) is 13.1. The van der Waals surface area contributed by atoms with Crippen molar-refractivity contribution < 1.29 is 4.74 Å². The van der Waals surface area contributed by atoms with Crippen LogP contribution in [0.2, 0.25) is 0 Å². The lowest BCUT2D eigenvalue weighted by Crippen LogP contribution is -2.40. The van der Waals surface area contributed by atoms with Gasteiger partial charge < -0.3 is 10.1 Å². The molecule has 1 aromatic rings. The molecule has 0 saturated heterocycles. The van der Waals surface area contributed by atoms with Crippen molar-refractivity contribution in [2.45, 2.75) is 49.7 Å². The molecule has 0 aromatic heterocycles. The van der Waals surface area contributed by atoms with Gasteiger partial charge >= 0.3 is 0 Å². The van der Waals surface area contributed by atoms with E-state index in [9.17, 15) is 0 Å². The van der Waals surface area contributed by atoms with Gasteiger partial charge in [0.1, 0.15) is 5.75 Å². The van der Waals surface area contributed by atoms with Crippen LogP contribution >= 0.6 is 11.8 Å². The Bertz CT molecular complexity index is 468. The van der Waals surface area contributed by atoms with Gasteiger partial charge in [-0.15, -0.1) is 0 Å². The van der Waals surface area contributed by atoms with Crippen LogP contribution in [-0.2, 0) is 12.8 Å². The fourth-order valence-corrected chi connectivity index (χ4v) is 4.54. The Kier molecular flexibility index (Phi) is 5.12. The highest BCUT2D eigenvalue weighted by atomic mass is 32.2. The second kappa shape index (κ2) is 7.06. The summed E-state index contributed by atoms with van der Waals surface area (Å²) in [5, 5.41) is 3.71. The zero-order chi connectivity index (χ0) is 14.5. The maximum Gasteiger partial charge on any atom is 0.122 e. The van der Waals surface area contributed by atoms with Crippen molar-refractivity contribution in [3.05, 3.63) is 29.3 Å². The molecule has 3 rings (SSSR count). The first-order chi connectivity index (χ1) is 10.3. The summed E-state index contributed by atoms with van der Waals surface area (Å²) in [5.74, 6) is 1.09. The second-order valence-corrected chi connectivity index (χ2v) is 7.69. The smallest absolute Gasteiger partial charge is 0.122 e. The van der Waals surface area contributed by atoms with E-state index in [2.05, 4.69) is 41.5 Å². The van der Waals surface area contributed by atoms with Crippen molar-refractivity contribution in [1.82, 2.24) is 5.32 Å². The van der Waals surface area contributed by atoms with Crippen LogP contribution in [0.3, 0.4) is 0 Å². The fraction of sp³-hybridized carbons (Fsp3) is 0.667. The van der Waals surface area contributed by atoms with E-state index < -0.39 is 0 Å². The van der Waals surface area contributed by atoms with Crippen molar-refractivity contribution in [2.75, 3.05) is 26.0 Å². The normalized spacial score (nSPS) is 20.0. The van der Waals surface area contributed by atoms with Crippen molar-refractivity contribution in [1.29, 1.82) is 0 Å². The van der Waals surface area contributed by atoms with Gasteiger partial charge in [-0.1, -0.05) is 31.4 Å². The Balaban J connectivity index is 1.45. The lowest BCUT2D eigenvalue weighted by atomic mass is 9.88. The topological polar surface area (TPSA) is 21.3 Å². The monoisotopic (exact) mass is 305 g/mol. The first kappa shape index (κ1) is 15.2. The molecule has 21 heavy (non-hydrogen) atoms. The highest BCUT2D eigenvalue weighted by Gasteiger charge is 2.30. The molecule has 3 heteroatoms. The number of hydrogen-bond donors (Lipinski definition) is 1. The zero-order valence-corrected chi connectivity index (χ0v) is 13.9. The fourth-order valence-electron chi connectivity index (χ4n) is 3.59. The SMILES string of the molecule is CSC1(CNCCc2ccc3c(c2)CCO3)CCCCC1. The van der Waals surface area contributed by atoms with Crippen molar-refractivity contribution in [2.24, 2.45) is 0 Å². The van der Waals surface area contributed by atoms with E-state index in [-0.39, 0.29) is 0 Å². The lowest BCUT2D eigenvalue weighted by molar-refractivity contribution is 0.357. The van der Waals surface area contributed by atoms with Crippen LogP contribution < -0.4 is 10.1 Å². The van der Waals surface area contributed by atoms with E-state index in [1.165, 1.54) is 49.8 Å². The minimum atomic E-state index is 0.504. The predicted molar refractivity (Wildman–Crippen MR) is 91.5 cm³/mol. The average Bonchev–Trinajstić information content (AvgIpc) is 3.00. The molecule has 116 valence electrons. The number of ether oxygens (including phenoxy) is 1.